The van der Waals surface area contributed by atoms with E-state index in [1.807, 2.05) is 46.5 Å². The third-order valence-corrected chi connectivity index (χ3v) is 4.10. The zero-order valence-electron chi connectivity index (χ0n) is 11.5. The van der Waals surface area contributed by atoms with E-state index < -0.39 is 0 Å². The van der Waals surface area contributed by atoms with Gasteiger partial charge in [-0.2, -0.15) is 0 Å². The van der Waals surface area contributed by atoms with Gasteiger partial charge in [-0.3, -0.25) is 9.59 Å². The van der Waals surface area contributed by atoms with Crippen molar-refractivity contribution >= 4 is 33.1 Å². The Morgan fingerprint density at radius 3 is 2.95 bits per heavy atom. The molecule has 0 fully saturated rings. The number of pyridine rings is 1. The maximum absolute atomic E-state index is 11.8. The number of hydrogen-bond acceptors (Lipinski definition) is 3. The van der Waals surface area contributed by atoms with Crippen molar-refractivity contribution < 1.29 is 4.79 Å². The molecule has 0 aliphatic rings. The van der Waals surface area contributed by atoms with Gasteiger partial charge >= 0.3 is 0 Å². The molecule has 5 heteroatoms. The van der Waals surface area contributed by atoms with Crippen molar-refractivity contribution in [2.75, 3.05) is 5.32 Å². The number of benzene rings is 1. The summed E-state index contributed by atoms with van der Waals surface area (Å²) in [5, 5.41) is 4.70. The summed E-state index contributed by atoms with van der Waals surface area (Å²) < 4.78 is 2.82. The Balaban J connectivity index is 1.95. The van der Waals surface area contributed by atoms with E-state index in [0.717, 1.165) is 21.5 Å². The Hall–Kier alpha value is -2.40. The third kappa shape index (κ3) is 2.87. The number of rotatable bonds is 3. The van der Waals surface area contributed by atoms with Crippen LogP contribution in [-0.2, 0) is 11.3 Å². The first-order chi connectivity index (χ1) is 10.1. The Kier molecular flexibility index (Phi) is 3.58. The Morgan fingerprint density at radius 1 is 1.29 bits per heavy atom. The van der Waals surface area contributed by atoms with Crippen LogP contribution in [0.4, 0.5) is 5.69 Å². The molecule has 1 amide bonds. The number of hydrogen-bond donors (Lipinski definition) is 1. The lowest BCUT2D eigenvalue weighted by Crippen LogP contribution is -2.08. The molecule has 0 unspecified atom stereocenters. The van der Waals surface area contributed by atoms with Crippen molar-refractivity contribution in [1.82, 2.24) is 4.57 Å². The molecule has 0 spiro atoms. The van der Waals surface area contributed by atoms with E-state index in [2.05, 4.69) is 5.32 Å². The summed E-state index contributed by atoms with van der Waals surface area (Å²) in [6.45, 7) is 2.14. The summed E-state index contributed by atoms with van der Waals surface area (Å²) >= 11 is 1.46. The van der Waals surface area contributed by atoms with Crippen LogP contribution in [0.5, 0.6) is 0 Å². The molecule has 2 heterocycles. The highest BCUT2D eigenvalue weighted by Crippen LogP contribution is 2.19. The second-order valence-corrected chi connectivity index (χ2v) is 5.74. The van der Waals surface area contributed by atoms with Gasteiger partial charge in [0.1, 0.15) is 0 Å². The van der Waals surface area contributed by atoms with Crippen LogP contribution in [0.3, 0.4) is 0 Å². The zero-order chi connectivity index (χ0) is 14.8. The van der Waals surface area contributed by atoms with Crippen LogP contribution in [0.15, 0.2) is 52.8 Å². The topological polar surface area (TPSA) is 51.1 Å². The molecule has 0 atom stereocenters. The molecule has 21 heavy (non-hydrogen) atoms. The fraction of sp³-hybridized carbons (Fsp3) is 0.125. The second-order valence-electron chi connectivity index (χ2n) is 4.82. The molecule has 1 aromatic carbocycles. The fourth-order valence-electron chi connectivity index (χ4n) is 2.31. The van der Waals surface area contributed by atoms with E-state index in [1.165, 1.54) is 18.3 Å². The lowest BCUT2D eigenvalue weighted by Gasteiger charge is -2.10. The van der Waals surface area contributed by atoms with Gasteiger partial charge in [-0.1, -0.05) is 12.1 Å². The summed E-state index contributed by atoms with van der Waals surface area (Å²) in [5.41, 5.74) is 2.85. The minimum Gasteiger partial charge on any atom is -0.342 e. The summed E-state index contributed by atoms with van der Waals surface area (Å²) in [6.07, 6.45) is 1.81. The number of aromatic nitrogens is 1. The highest BCUT2D eigenvalue weighted by Gasteiger charge is 2.05. The molecule has 0 radical (unpaired) electrons. The minimum atomic E-state index is -0.0873. The molecule has 106 valence electrons. The van der Waals surface area contributed by atoms with Crippen molar-refractivity contribution in [3.63, 3.8) is 0 Å². The molecule has 0 aliphatic carbocycles. The number of fused-ring (bicyclic) bond motifs is 1. The first kappa shape index (κ1) is 13.6. The van der Waals surface area contributed by atoms with Gasteiger partial charge in [0, 0.05) is 31.4 Å². The predicted octanol–water partition coefficient (Wildman–Crippen LogP) is 3.07. The molecule has 0 saturated carbocycles. The molecule has 4 nitrogen and oxygen atoms in total. The highest BCUT2D eigenvalue weighted by atomic mass is 32.1. The van der Waals surface area contributed by atoms with Crippen LogP contribution in [0, 0.1) is 0 Å². The standard InChI is InChI=1S/C16H14N2O2S/c1-11(19)17-13-4-2-3-12(9-13)10-18-7-5-15(20)16-14(18)6-8-21-16/h2-9H,10H2,1H3,(H,17,19). The van der Waals surface area contributed by atoms with Crippen molar-refractivity contribution in [3.8, 4) is 0 Å². The molecular weight excluding hydrogens is 284 g/mol. The van der Waals surface area contributed by atoms with Crippen LogP contribution in [0.25, 0.3) is 10.2 Å². The van der Waals surface area contributed by atoms with Crippen molar-refractivity contribution in [2.24, 2.45) is 0 Å². The van der Waals surface area contributed by atoms with Gasteiger partial charge in [-0.25, -0.2) is 0 Å². The number of thiophene rings is 1. The predicted molar refractivity (Wildman–Crippen MR) is 85.9 cm³/mol. The van der Waals surface area contributed by atoms with Gasteiger partial charge in [0.2, 0.25) is 5.91 Å². The average molecular weight is 298 g/mol. The number of carbonyl (C=O) groups is 1. The fourth-order valence-corrected chi connectivity index (χ4v) is 3.14. The molecule has 3 aromatic rings. The number of amides is 1. The Labute approximate surface area is 125 Å². The largest absolute Gasteiger partial charge is 0.342 e. The molecule has 0 aliphatic heterocycles. The first-order valence-electron chi connectivity index (χ1n) is 6.57. The van der Waals surface area contributed by atoms with Crippen molar-refractivity contribution in [3.05, 3.63) is 63.8 Å². The smallest absolute Gasteiger partial charge is 0.221 e. The van der Waals surface area contributed by atoms with Gasteiger partial charge in [0.15, 0.2) is 5.43 Å². The van der Waals surface area contributed by atoms with E-state index >= 15 is 0 Å². The minimum absolute atomic E-state index is 0.0586. The van der Waals surface area contributed by atoms with E-state index in [4.69, 9.17) is 0 Å². The summed E-state index contributed by atoms with van der Waals surface area (Å²) in [6, 6.07) is 11.3. The van der Waals surface area contributed by atoms with Crippen LogP contribution < -0.4 is 10.7 Å². The molecule has 0 bridgehead atoms. The maximum atomic E-state index is 11.8. The lowest BCUT2D eigenvalue weighted by atomic mass is 10.2. The lowest BCUT2D eigenvalue weighted by molar-refractivity contribution is -0.114. The van der Waals surface area contributed by atoms with Crippen LogP contribution in [0.2, 0.25) is 0 Å². The third-order valence-electron chi connectivity index (χ3n) is 3.18. The number of carbonyl (C=O) groups excluding carboxylic acids is 1. The van der Waals surface area contributed by atoms with Gasteiger partial charge in [-0.05, 0) is 29.1 Å². The van der Waals surface area contributed by atoms with Crippen molar-refractivity contribution in [2.45, 2.75) is 13.5 Å². The quantitative estimate of drug-likeness (QED) is 0.808. The highest BCUT2D eigenvalue weighted by molar-refractivity contribution is 7.17. The number of anilines is 1. The van der Waals surface area contributed by atoms with E-state index in [9.17, 15) is 9.59 Å². The molecule has 2 aromatic heterocycles. The van der Waals surface area contributed by atoms with Crippen LogP contribution in [-0.4, -0.2) is 10.5 Å². The normalized spacial score (nSPS) is 10.7. The van der Waals surface area contributed by atoms with Crippen LogP contribution >= 0.6 is 11.3 Å². The Bertz CT molecular complexity index is 864. The molecule has 1 N–H and O–H groups in total. The monoisotopic (exact) mass is 298 g/mol. The maximum Gasteiger partial charge on any atom is 0.221 e. The van der Waals surface area contributed by atoms with Crippen molar-refractivity contribution in [1.29, 1.82) is 0 Å². The van der Waals surface area contributed by atoms with Gasteiger partial charge in [-0.15, -0.1) is 11.3 Å². The SMILES string of the molecule is CC(=O)Nc1cccc(Cn2ccc(=O)c3sccc32)c1. The van der Waals surface area contributed by atoms with Gasteiger partial charge < -0.3 is 9.88 Å². The van der Waals surface area contributed by atoms with Gasteiger partial charge in [0.05, 0.1) is 10.2 Å². The zero-order valence-corrected chi connectivity index (χ0v) is 12.3. The van der Waals surface area contributed by atoms with Crippen LogP contribution in [0.1, 0.15) is 12.5 Å². The summed E-state index contributed by atoms with van der Waals surface area (Å²) in [5.74, 6) is -0.0873. The Morgan fingerprint density at radius 2 is 2.14 bits per heavy atom. The summed E-state index contributed by atoms with van der Waals surface area (Å²) in [4.78, 5) is 22.9. The molecule has 3 rings (SSSR count). The number of nitrogens with one attached hydrogen (secondary N) is 1. The molecule has 0 saturated heterocycles. The van der Waals surface area contributed by atoms with Gasteiger partial charge in [0.25, 0.3) is 0 Å². The molecular formula is C16H14N2O2S. The second kappa shape index (κ2) is 5.54. The number of nitrogens with zero attached hydrogens (tertiary/aromatic N) is 1. The summed E-state index contributed by atoms with van der Waals surface area (Å²) in [7, 11) is 0. The average Bonchev–Trinajstić information content (AvgIpc) is 2.92. The first-order valence-corrected chi connectivity index (χ1v) is 7.44. The van der Waals surface area contributed by atoms with E-state index in [-0.39, 0.29) is 11.3 Å². The van der Waals surface area contributed by atoms with E-state index in [0.29, 0.717) is 6.54 Å². The van der Waals surface area contributed by atoms with E-state index in [1.54, 1.807) is 6.07 Å².